The Morgan fingerprint density at radius 1 is 1.03 bits per heavy atom. The molecule has 5 rings (SSSR count). The lowest BCUT2D eigenvalue weighted by molar-refractivity contribution is 0.0926. The first-order chi connectivity index (χ1) is 15.7. The molecule has 3 heterocycles. The Morgan fingerprint density at radius 2 is 1.79 bits per heavy atom. The lowest BCUT2D eigenvalue weighted by atomic mass is 9.91. The van der Waals surface area contributed by atoms with Gasteiger partial charge >= 0.3 is 0 Å². The zero-order chi connectivity index (χ0) is 21.9. The highest BCUT2D eigenvalue weighted by Gasteiger charge is 2.23. The van der Waals surface area contributed by atoms with Crippen LogP contribution in [0.3, 0.4) is 0 Å². The zero-order valence-electron chi connectivity index (χ0n) is 18.8. The molecule has 1 aliphatic rings. The largest absolute Gasteiger partial charge is 0.367 e. The van der Waals surface area contributed by atoms with Gasteiger partial charge in [-0.3, -0.25) is 9.36 Å². The van der Waals surface area contributed by atoms with Crippen molar-refractivity contribution in [3.05, 3.63) is 78.5 Å². The molecule has 1 fully saturated rings. The van der Waals surface area contributed by atoms with E-state index in [0.29, 0.717) is 11.6 Å². The number of nitrogens with one attached hydrogen (secondary N) is 2. The van der Waals surface area contributed by atoms with Crippen molar-refractivity contribution in [2.45, 2.75) is 44.7 Å². The third kappa shape index (κ3) is 5.66. The van der Waals surface area contributed by atoms with Crippen LogP contribution in [-0.2, 0) is 0 Å². The molecule has 0 saturated heterocycles. The highest BCUT2D eigenvalue weighted by atomic mass is 35.5. The van der Waals surface area contributed by atoms with Crippen molar-refractivity contribution < 1.29 is 4.79 Å². The summed E-state index contributed by atoms with van der Waals surface area (Å²) in [6, 6.07) is 14.5. The van der Waals surface area contributed by atoms with Gasteiger partial charge in [0.2, 0.25) is 0 Å². The number of imidazole rings is 1. The molecule has 0 aliphatic heterocycles. The fraction of sp³-hybridized carbons (Fsp3) is 0.280. The van der Waals surface area contributed by atoms with E-state index in [2.05, 4.69) is 45.7 Å². The van der Waals surface area contributed by atoms with Crippen LogP contribution in [0.2, 0.25) is 0 Å². The summed E-state index contributed by atoms with van der Waals surface area (Å²) in [5.41, 5.74) is 2.82. The van der Waals surface area contributed by atoms with Gasteiger partial charge in [-0.2, -0.15) is 0 Å². The van der Waals surface area contributed by atoms with Gasteiger partial charge in [0.25, 0.3) is 5.91 Å². The van der Waals surface area contributed by atoms with Gasteiger partial charge in [-0.25, -0.2) is 15.0 Å². The predicted octanol–water partition coefficient (Wildman–Crippen LogP) is 5.12. The van der Waals surface area contributed by atoms with Crippen LogP contribution in [0.25, 0.3) is 16.7 Å². The second-order valence-electron chi connectivity index (χ2n) is 8.38. The number of para-hydroxylation sites is 1. The maximum atomic E-state index is 12.6. The smallest absolute Gasteiger partial charge is 0.253 e. The molecule has 1 aromatic carbocycles. The van der Waals surface area contributed by atoms with Crippen LogP contribution < -0.4 is 10.6 Å². The van der Waals surface area contributed by atoms with Crippen LogP contribution >= 0.6 is 24.8 Å². The molecule has 0 bridgehead atoms. The van der Waals surface area contributed by atoms with E-state index in [-0.39, 0.29) is 36.8 Å². The van der Waals surface area contributed by atoms with Gasteiger partial charge in [0.1, 0.15) is 18.0 Å². The SMILES string of the molecule is Cc1cc(N[C@H]2CC[C@@H](NC(=O)c3ccc(-n4ccnc4)nc3)CC2)nc2ccccc12.Cl.Cl. The van der Waals surface area contributed by atoms with Crippen LogP contribution in [0.1, 0.15) is 41.6 Å². The van der Waals surface area contributed by atoms with Crippen molar-refractivity contribution in [2.75, 3.05) is 5.32 Å². The molecule has 7 nitrogen and oxygen atoms in total. The topological polar surface area (TPSA) is 84.7 Å². The maximum Gasteiger partial charge on any atom is 0.253 e. The van der Waals surface area contributed by atoms with Crippen LogP contribution in [0.15, 0.2) is 67.4 Å². The molecule has 1 amide bonds. The summed E-state index contributed by atoms with van der Waals surface area (Å²) in [6.07, 6.45) is 10.7. The van der Waals surface area contributed by atoms with E-state index in [1.165, 1.54) is 10.9 Å². The third-order valence-corrected chi connectivity index (χ3v) is 6.12. The van der Waals surface area contributed by atoms with Gasteiger partial charge in [-0.05, 0) is 62.4 Å². The number of aryl methyl sites for hydroxylation is 1. The van der Waals surface area contributed by atoms with Gasteiger partial charge in [0.05, 0.1) is 11.1 Å². The Balaban J connectivity index is 0.00000162. The summed E-state index contributed by atoms with van der Waals surface area (Å²) in [7, 11) is 0. The van der Waals surface area contributed by atoms with Crippen molar-refractivity contribution in [3.8, 4) is 5.82 Å². The summed E-state index contributed by atoms with van der Waals surface area (Å²) >= 11 is 0. The number of rotatable bonds is 5. The Kier molecular flexibility index (Phi) is 8.47. The molecule has 2 N–H and O–H groups in total. The summed E-state index contributed by atoms with van der Waals surface area (Å²) in [6.45, 7) is 2.12. The van der Waals surface area contributed by atoms with Crippen molar-refractivity contribution in [2.24, 2.45) is 0 Å². The number of hydrogen-bond acceptors (Lipinski definition) is 5. The second-order valence-corrected chi connectivity index (χ2v) is 8.38. The average Bonchev–Trinajstić information content (AvgIpc) is 3.36. The van der Waals surface area contributed by atoms with Crippen LogP contribution in [0.4, 0.5) is 5.82 Å². The molecule has 0 unspecified atom stereocenters. The van der Waals surface area contributed by atoms with E-state index < -0.39 is 0 Å². The van der Waals surface area contributed by atoms with Gasteiger partial charge in [0.15, 0.2) is 0 Å². The molecule has 34 heavy (non-hydrogen) atoms. The molecule has 9 heteroatoms. The van der Waals surface area contributed by atoms with Gasteiger partial charge in [-0.1, -0.05) is 18.2 Å². The van der Waals surface area contributed by atoms with Crippen LogP contribution in [-0.4, -0.2) is 37.5 Å². The summed E-state index contributed by atoms with van der Waals surface area (Å²) in [5, 5.41) is 7.96. The monoisotopic (exact) mass is 498 g/mol. The van der Waals surface area contributed by atoms with E-state index in [9.17, 15) is 4.79 Å². The Labute approximate surface area is 211 Å². The third-order valence-electron chi connectivity index (χ3n) is 6.12. The number of aromatic nitrogens is 4. The molecule has 4 aromatic rings. The van der Waals surface area contributed by atoms with Crippen molar-refractivity contribution in [1.82, 2.24) is 24.8 Å². The minimum Gasteiger partial charge on any atom is -0.367 e. The summed E-state index contributed by atoms with van der Waals surface area (Å²) < 4.78 is 1.81. The number of carbonyl (C=O) groups excluding carboxylic acids is 1. The molecular weight excluding hydrogens is 471 g/mol. The first-order valence-corrected chi connectivity index (χ1v) is 11.0. The highest BCUT2D eigenvalue weighted by Crippen LogP contribution is 2.25. The molecule has 0 atom stereocenters. The van der Waals surface area contributed by atoms with E-state index in [0.717, 1.165) is 42.8 Å². The summed E-state index contributed by atoms with van der Waals surface area (Å²) in [4.78, 5) is 25.8. The molecular formula is C25H28Cl2N6O. The number of carbonyl (C=O) groups is 1. The fourth-order valence-electron chi connectivity index (χ4n) is 4.35. The second kappa shape index (κ2) is 11.3. The first-order valence-electron chi connectivity index (χ1n) is 11.0. The number of pyridine rings is 2. The van der Waals surface area contributed by atoms with Crippen molar-refractivity contribution in [3.63, 3.8) is 0 Å². The number of nitrogens with zero attached hydrogens (tertiary/aromatic N) is 4. The standard InChI is InChI=1S/C25H26N6O.2ClH/c1-17-14-23(30-22-5-3-2-4-21(17)22)28-19-7-9-20(10-8-19)29-25(32)18-6-11-24(27-15-18)31-13-12-26-16-31;;/h2-6,11-16,19-20H,7-10H2,1H3,(H,28,30)(H,29,32);2*1H/t19-,20+;;. The van der Waals surface area contributed by atoms with E-state index in [1.807, 2.05) is 29.0 Å². The van der Waals surface area contributed by atoms with Gasteiger partial charge < -0.3 is 10.6 Å². The van der Waals surface area contributed by atoms with E-state index >= 15 is 0 Å². The minimum absolute atomic E-state index is 0. The molecule has 178 valence electrons. The number of benzene rings is 1. The number of hydrogen-bond donors (Lipinski definition) is 2. The minimum atomic E-state index is -0.0714. The molecule has 0 radical (unpaired) electrons. The first kappa shape index (κ1) is 25.5. The van der Waals surface area contributed by atoms with E-state index in [4.69, 9.17) is 4.98 Å². The maximum absolute atomic E-state index is 12.6. The van der Waals surface area contributed by atoms with Crippen LogP contribution in [0.5, 0.6) is 0 Å². The Morgan fingerprint density at radius 3 is 2.50 bits per heavy atom. The highest BCUT2D eigenvalue weighted by molar-refractivity contribution is 5.94. The predicted molar refractivity (Wildman–Crippen MR) is 139 cm³/mol. The zero-order valence-corrected chi connectivity index (χ0v) is 20.5. The van der Waals surface area contributed by atoms with Crippen molar-refractivity contribution in [1.29, 1.82) is 0 Å². The van der Waals surface area contributed by atoms with Crippen molar-refractivity contribution >= 4 is 47.4 Å². The number of fused-ring (bicyclic) bond motifs is 1. The Hall–Kier alpha value is -3.16. The quantitative estimate of drug-likeness (QED) is 0.398. The molecule has 3 aromatic heterocycles. The Bertz CT molecular complexity index is 1220. The lowest BCUT2D eigenvalue weighted by Gasteiger charge is -2.30. The molecule has 1 aliphatic carbocycles. The number of amides is 1. The average molecular weight is 499 g/mol. The number of halogens is 2. The lowest BCUT2D eigenvalue weighted by Crippen LogP contribution is -2.40. The molecule has 1 saturated carbocycles. The number of anilines is 1. The molecule has 0 spiro atoms. The van der Waals surface area contributed by atoms with Gasteiger partial charge in [0, 0.05) is 36.1 Å². The normalized spacial score (nSPS) is 17.3. The summed E-state index contributed by atoms with van der Waals surface area (Å²) in [5.74, 6) is 1.60. The fourth-order valence-corrected chi connectivity index (χ4v) is 4.35. The van der Waals surface area contributed by atoms with E-state index in [1.54, 1.807) is 24.8 Å². The van der Waals surface area contributed by atoms with Gasteiger partial charge in [-0.15, -0.1) is 24.8 Å². The van der Waals surface area contributed by atoms with Crippen LogP contribution in [0, 0.1) is 6.92 Å².